The summed E-state index contributed by atoms with van der Waals surface area (Å²) in [5.41, 5.74) is 6.76. The first-order chi connectivity index (χ1) is 7.58. The van der Waals surface area contributed by atoms with Gasteiger partial charge in [0.25, 0.3) is 0 Å². The second-order valence-corrected chi connectivity index (χ2v) is 3.35. The van der Waals surface area contributed by atoms with Gasteiger partial charge in [0.1, 0.15) is 0 Å². The number of carbonyl (C=O) groups excluding carboxylic acids is 1. The maximum absolute atomic E-state index is 10.8. The fourth-order valence-electron chi connectivity index (χ4n) is 1.52. The van der Waals surface area contributed by atoms with E-state index in [0.717, 1.165) is 0 Å². The molecule has 16 heavy (non-hydrogen) atoms. The highest BCUT2D eigenvalue weighted by Gasteiger charge is 2.12. The molecule has 0 saturated heterocycles. The van der Waals surface area contributed by atoms with E-state index in [1.165, 1.54) is 0 Å². The molecular formula is C10H9N3O3. The molecule has 1 heterocycles. The number of rotatable bonds is 3. The summed E-state index contributed by atoms with van der Waals surface area (Å²) >= 11 is 0. The van der Waals surface area contributed by atoms with Gasteiger partial charge in [0.15, 0.2) is 0 Å². The van der Waals surface area contributed by atoms with E-state index in [9.17, 15) is 9.59 Å². The fraction of sp³-hybridized carbons (Fsp3) is 0.100. The minimum Gasteiger partial charge on any atom is -0.475 e. The summed E-state index contributed by atoms with van der Waals surface area (Å²) in [4.78, 5) is 28.1. The Morgan fingerprint density at radius 3 is 2.81 bits per heavy atom. The lowest BCUT2D eigenvalue weighted by atomic mass is 10.1. The molecule has 6 heteroatoms. The Labute approximate surface area is 90.1 Å². The Morgan fingerprint density at radius 2 is 2.19 bits per heavy atom. The van der Waals surface area contributed by atoms with E-state index >= 15 is 0 Å². The highest BCUT2D eigenvalue weighted by Crippen LogP contribution is 2.16. The first kappa shape index (κ1) is 10.2. The number of fused-ring (bicyclic) bond motifs is 1. The largest absolute Gasteiger partial charge is 0.475 e. The number of amides is 1. The van der Waals surface area contributed by atoms with Gasteiger partial charge in [-0.25, -0.2) is 9.78 Å². The van der Waals surface area contributed by atoms with E-state index in [1.54, 1.807) is 18.2 Å². The van der Waals surface area contributed by atoms with E-state index in [1.807, 2.05) is 0 Å². The van der Waals surface area contributed by atoms with E-state index in [2.05, 4.69) is 9.97 Å². The maximum atomic E-state index is 10.8. The van der Waals surface area contributed by atoms with E-state index in [4.69, 9.17) is 10.8 Å². The molecule has 82 valence electrons. The third-order valence-corrected chi connectivity index (χ3v) is 2.16. The van der Waals surface area contributed by atoms with Crippen molar-refractivity contribution in [2.24, 2.45) is 5.73 Å². The molecule has 1 aromatic carbocycles. The summed E-state index contributed by atoms with van der Waals surface area (Å²) in [6.07, 6.45) is 0.0429. The minimum atomic E-state index is -1.14. The van der Waals surface area contributed by atoms with Crippen molar-refractivity contribution in [3.05, 3.63) is 29.6 Å². The highest BCUT2D eigenvalue weighted by molar-refractivity contribution is 5.91. The van der Waals surface area contributed by atoms with Crippen molar-refractivity contribution in [3.8, 4) is 0 Å². The smallest absolute Gasteiger partial charge is 0.371 e. The molecular weight excluding hydrogens is 210 g/mol. The van der Waals surface area contributed by atoms with Gasteiger partial charge in [-0.05, 0) is 11.6 Å². The lowest BCUT2D eigenvalue weighted by Crippen LogP contribution is -2.13. The molecule has 0 spiro atoms. The van der Waals surface area contributed by atoms with Crippen LogP contribution in [0.5, 0.6) is 0 Å². The van der Waals surface area contributed by atoms with Crippen LogP contribution in [-0.2, 0) is 11.2 Å². The topological polar surface area (TPSA) is 109 Å². The molecule has 0 radical (unpaired) electrons. The van der Waals surface area contributed by atoms with Crippen LogP contribution < -0.4 is 5.73 Å². The Bertz CT molecular complexity index is 574. The average molecular weight is 219 g/mol. The number of carboxylic acids is 1. The number of imidazole rings is 1. The maximum Gasteiger partial charge on any atom is 0.371 e. The molecule has 2 rings (SSSR count). The minimum absolute atomic E-state index is 0.0429. The van der Waals surface area contributed by atoms with Crippen LogP contribution in [-0.4, -0.2) is 27.0 Å². The molecule has 0 aliphatic heterocycles. The monoisotopic (exact) mass is 219 g/mol. The number of primary amides is 1. The van der Waals surface area contributed by atoms with Crippen molar-refractivity contribution in [1.29, 1.82) is 0 Å². The Balaban J connectivity index is 2.58. The van der Waals surface area contributed by atoms with E-state index in [-0.39, 0.29) is 12.2 Å². The van der Waals surface area contributed by atoms with E-state index < -0.39 is 11.9 Å². The molecule has 0 saturated carbocycles. The molecule has 0 aliphatic carbocycles. The van der Waals surface area contributed by atoms with Gasteiger partial charge < -0.3 is 15.8 Å². The van der Waals surface area contributed by atoms with E-state index in [0.29, 0.717) is 16.6 Å². The predicted molar refractivity (Wildman–Crippen MR) is 56.0 cm³/mol. The van der Waals surface area contributed by atoms with Crippen LogP contribution in [0.1, 0.15) is 16.2 Å². The van der Waals surface area contributed by atoms with Gasteiger partial charge in [-0.15, -0.1) is 0 Å². The number of aromatic nitrogens is 2. The molecule has 0 atom stereocenters. The normalized spacial score (nSPS) is 10.5. The van der Waals surface area contributed by atoms with Crippen LogP contribution in [0.15, 0.2) is 18.2 Å². The van der Waals surface area contributed by atoms with Crippen LogP contribution in [0.3, 0.4) is 0 Å². The van der Waals surface area contributed by atoms with Crippen LogP contribution >= 0.6 is 0 Å². The highest BCUT2D eigenvalue weighted by atomic mass is 16.4. The van der Waals surface area contributed by atoms with Crippen LogP contribution in [0.25, 0.3) is 11.0 Å². The van der Waals surface area contributed by atoms with Gasteiger partial charge in [-0.1, -0.05) is 12.1 Å². The van der Waals surface area contributed by atoms with Crippen molar-refractivity contribution in [1.82, 2.24) is 9.97 Å². The van der Waals surface area contributed by atoms with Crippen molar-refractivity contribution in [2.45, 2.75) is 6.42 Å². The number of nitrogens with zero attached hydrogens (tertiary/aromatic N) is 1. The lowest BCUT2D eigenvalue weighted by Gasteiger charge is -1.97. The Hall–Kier alpha value is -2.37. The zero-order valence-electron chi connectivity index (χ0n) is 8.23. The number of hydrogen-bond donors (Lipinski definition) is 3. The standard InChI is InChI=1S/C10H9N3O3/c11-7(14)4-5-2-1-3-6-8(5)13-9(12-6)10(15)16/h1-3H,4H2,(H2,11,14)(H,12,13)(H,15,16). The summed E-state index contributed by atoms with van der Waals surface area (Å²) in [6.45, 7) is 0. The predicted octanol–water partition coefficient (Wildman–Crippen LogP) is 0.289. The number of H-pyrrole nitrogens is 1. The number of nitrogens with two attached hydrogens (primary N) is 1. The number of nitrogens with one attached hydrogen (secondary N) is 1. The molecule has 1 aromatic heterocycles. The molecule has 6 nitrogen and oxygen atoms in total. The molecule has 0 bridgehead atoms. The average Bonchev–Trinajstić information content (AvgIpc) is 2.61. The molecule has 1 amide bonds. The molecule has 0 fully saturated rings. The molecule has 0 aliphatic rings. The van der Waals surface area contributed by atoms with Gasteiger partial charge in [0.2, 0.25) is 11.7 Å². The number of carbonyl (C=O) groups is 2. The second kappa shape index (κ2) is 3.65. The van der Waals surface area contributed by atoms with Gasteiger partial charge in [0.05, 0.1) is 17.5 Å². The van der Waals surface area contributed by atoms with Crippen LogP contribution in [0.2, 0.25) is 0 Å². The quantitative estimate of drug-likeness (QED) is 0.689. The third-order valence-electron chi connectivity index (χ3n) is 2.16. The molecule has 2 aromatic rings. The van der Waals surface area contributed by atoms with Crippen molar-refractivity contribution in [3.63, 3.8) is 0 Å². The number of aromatic carboxylic acids is 1. The third kappa shape index (κ3) is 1.72. The van der Waals surface area contributed by atoms with Crippen LogP contribution in [0, 0.1) is 0 Å². The first-order valence-corrected chi connectivity index (χ1v) is 4.57. The van der Waals surface area contributed by atoms with Gasteiger partial charge in [-0.2, -0.15) is 0 Å². The number of carboxylic acid groups (broad SMARTS) is 1. The second-order valence-electron chi connectivity index (χ2n) is 3.35. The number of para-hydroxylation sites is 1. The first-order valence-electron chi connectivity index (χ1n) is 4.57. The zero-order valence-corrected chi connectivity index (χ0v) is 8.23. The summed E-state index contributed by atoms with van der Waals surface area (Å²) in [7, 11) is 0. The fourth-order valence-corrected chi connectivity index (χ4v) is 1.52. The summed E-state index contributed by atoms with van der Waals surface area (Å²) in [5.74, 6) is -1.76. The van der Waals surface area contributed by atoms with Crippen molar-refractivity contribution >= 4 is 22.9 Å². The van der Waals surface area contributed by atoms with Crippen molar-refractivity contribution in [2.75, 3.05) is 0 Å². The number of benzene rings is 1. The Kier molecular flexibility index (Phi) is 2.32. The Morgan fingerprint density at radius 1 is 1.44 bits per heavy atom. The molecule has 0 unspecified atom stereocenters. The summed E-state index contributed by atoms with van der Waals surface area (Å²) in [5, 5.41) is 8.77. The number of aromatic amines is 1. The number of hydrogen-bond acceptors (Lipinski definition) is 3. The van der Waals surface area contributed by atoms with Crippen molar-refractivity contribution < 1.29 is 14.7 Å². The van der Waals surface area contributed by atoms with Gasteiger partial charge in [-0.3, -0.25) is 4.79 Å². The van der Waals surface area contributed by atoms with Gasteiger partial charge in [0, 0.05) is 0 Å². The lowest BCUT2D eigenvalue weighted by molar-refractivity contribution is -0.117. The van der Waals surface area contributed by atoms with Gasteiger partial charge >= 0.3 is 5.97 Å². The summed E-state index contributed by atoms with van der Waals surface area (Å²) < 4.78 is 0. The SMILES string of the molecule is NC(=O)Cc1cccc2[nH]c(C(=O)O)nc12. The molecule has 4 N–H and O–H groups in total. The summed E-state index contributed by atoms with van der Waals surface area (Å²) in [6, 6.07) is 5.10. The zero-order chi connectivity index (χ0) is 11.7. The van der Waals surface area contributed by atoms with Crippen LogP contribution in [0.4, 0.5) is 0 Å².